The SMILES string of the molecule is CC1(C)c2ccccc2N(c2ccccc2-c2nc(C3CC4CC5CCC3C(C5)C4)nc(C34CC5CC(CC(C5)C3)C4)n2)c2ccccc21. The highest BCUT2D eigenvalue weighted by atomic mass is 15.2. The summed E-state index contributed by atoms with van der Waals surface area (Å²) < 4.78 is 0. The lowest BCUT2D eigenvalue weighted by Crippen LogP contribution is -2.49. The van der Waals surface area contributed by atoms with E-state index in [9.17, 15) is 0 Å². The molecule has 7 aliphatic carbocycles. The minimum absolute atomic E-state index is 0.0945. The quantitative estimate of drug-likeness (QED) is 0.221. The van der Waals surface area contributed by atoms with Crippen molar-refractivity contribution in [2.45, 2.75) is 108 Å². The van der Waals surface area contributed by atoms with Crippen LogP contribution in [0.25, 0.3) is 11.4 Å². The Bertz CT molecular complexity index is 1870. The van der Waals surface area contributed by atoms with Gasteiger partial charge in [0.25, 0.3) is 0 Å². The van der Waals surface area contributed by atoms with Gasteiger partial charge < -0.3 is 4.90 Å². The Hall–Kier alpha value is -3.53. The molecule has 2 heterocycles. The average Bonchev–Trinajstić information content (AvgIpc) is 3.10. The summed E-state index contributed by atoms with van der Waals surface area (Å²) in [5.41, 5.74) is 7.58. The van der Waals surface area contributed by atoms with Crippen LogP contribution in [-0.4, -0.2) is 15.0 Å². The Labute approximate surface area is 292 Å². The van der Waals surface area contributed by atoms with E-state index < -0.39 is 0 Å². The summed E-state index contributed by atoms with van der Waals surface area (Å²) in [6.45, 7) is 4.74. The number of nitrogens with zero attached hydrogens (tertiary/aromatic N) is 4. The molecule has 0 spiro atoms. The van der Waals surface area contributed by atoms with Crippen LogP contribution in [0.2, 0.25) is 0 Å². The van der Waals surface area contributed by atoms with Crippen molar-refractivity contribution in [2.75, 3.05) is 4.90 Å². The molecule has 4 heteroatoms. The number of fused-ring (bicyclic) bond motifs is 4. The van der Waals surface area contributed by atoms with Crippen LogP contribution in [0.5, 0.6) is 0 Å². The highest BCUT2D eigenvalue weighted by Gasteiger charge is 2.54. The van der Waals surface area contributed by atoms with Crippen molar-refractivity contribution in [2.24, 2.45) is 41.4 Å². The fourth-order valence-electron chi connectivity index (χ4n) is 13.5. The van der Waals surface area contributed by atoms with Crippen LogP contribution >= 0.6 is 0 Å². The molecule has 0 N–H and O–H groups in total. The lowest BCUT2D eigenvalue weighted by molar-refractivity contribution is -0.0104. The predicted octanol–water partition coefficient (Wildman–Crippen LogP) is 11.0. The van der Waals surface area contributed by atoms with Gasteiger partial charge in [0.1, 0.15) is 11.6 Å². The molecule has 7 bridgehead atoms. The maximum atomic E-state index is 5.71. The Morgan fingerprint density at radius 3 is 1.86 bits per heavy atom. The Kier molecular flexibility index (Phi) is 6.26. The number of benzene rings is 3. The molecule has 8 aliphatic rings. The predicted molar refractivity (Wildman–Crippen MR) is 196 cm³/mol. The van der Waals surface area contributed by atoms with Crippen molar-refractivity contribution in [1.82, 2.24) is 15.0 Å². The summed E-state index contributed by atoms with van der Waals surface area (Å²) in [5.74, 6) is 9.71. The molecule has 0 radical (unpaired) electrons. The normalized spacial score (nSPS) is 36.0. The Balaban J connectivity index is 1.10. The van der Waals surface area contributed by atoms with Crippen LogP contribution in [0.15, 0.2) is 72.8 Å². The average molecular weight is 647 g/mol. The molecule has 49 heavy (non-hydrogen) atoms. The van der Waals surface area contributed by atoms with Crippen molar-refractivity contribution < 1.29 is 0 Å². The molecule has 7 fully saturated rings. The topological polar surface area (TPSA) is 41.9 Å². The lowest BCUT2D eigenvalue weighted by atomic mass is 9.49. The van der Waals surface area contributed by atoms with Crippen molar-refractivity contribution in [3.8, 4) is 11.4 Å². The third-order valence-electron chi connectivity index (χ3n) is 15.1. The molecular formula is C45H50N4. The van der Waals surface area contributed by atoms with Gasteiger partial charge >= 0.3 is 0 Å². The van der Waals surface area contributed by atoms with E-state index in [0.717, 1.165) is 64.5 Å². The molecule has 4 aromatic rings. The summed E-state index contributed by atoms with van der Waals surface area (Å²) in [5, 5.41) is 0. The first kappa shape index (κ1) is 29.2. The van der Waals surface area contributed by atoms with E-state index in [1.807, 2.05) is 0 Å². The Morgan fingerprint density at radius 2 is 1.16 bits per heavy atom. The molecular weight excluding hydrogens is 597 g/mol. The zero-order valence-electron chi connectivity index (χ0n) is 29.3. The van der Waals surface area contributed by atoms with Gasteiger partial charge in [0.2, 0.25) is 0 Å². The van der Waals surface area contributed by atoms with Crippen LogP contribution in [0.3, 0.4) is 0 Å². The van der Waals surface area contributed by atoms with Crippen molar-refractivity contribution in [3.05, 3.63) is 95.6 Å². The molecule has 1 aromatic heterocycles. The maximum absolute atomic E-state index is 5.71. The number of rotatable bonds is 4. The zero-order valence-corrected chi connectivity index (χ0v) is 29.3. The van der Waals surface area contributed by atoms with Crippen LogP contribution in [0, 0.1) is 41.4 Å². The van der Waals surface area contributed by atoms with Gasteiger partial charge in [-0.15, -0.1) is 0 Å². The van der Waals surface area contributed by atoms with Crippen molar-refractivity contribution in [3.63, 3.8) is 0 Å². The summed E-state index contributed by atoms with van der Waals surface area (Å²) >= 11 is 0. The van der Waals surface area contributed by atoms with Gasteiger partial charge in [-0.05, 0) is 147 Å². The number of anilines is 3. The molecule has 250 valence electrons. The number of hydrogen-bond acceptors (Lipinski definition) is 4. The van der Waals surface area contributed by atoms with Gasteiger partial charge in [-0.25, -0.2) is 15.0 Å². The fourth-order valence-corrected chi connectivity index (χ4v) is 13.5. The fraction of sp³-hybridized carbons (Fsp3) is 0.533. The molecule has 0 saturated heterocycles. The minimum atomic E-state index is -0.0945. The number of hydrogen-bond donors (Lipinski definition) is 0. The van der Waals surface area contributed by atoms with Crippen molar-refractivity contribution in [1.29, 1.82) is 0 Å². The molecule has 12 rings (SSSR count). The first-order valence-electron chi connectivity index (χ1n) is 19.8. The zero-order chi connectivity index (χ0) is 32.5. The maximum Gasteiger partial charge on any atom is 0.165 e. The number of aromatic nitrogens is 3. The third-order valence-corrected chi connectivity index (χ3v) is 15.1. The standard InChI is InChI=1S/C45H50N4/c1-44(2)36-10-4-7-13-39(36)49(40-14-8-5-11-37(40)44)38-12-6-3-9-34(38)41-46-42(35-23-28-17-27-15-16-33(35)32(21-27)22-28)48-43(47-41)45-24-29-18-30(25-45)20-31(19-29)26-45/h3-14,27-33,35H,15-26H2,1-2H3. The van der Waals surface area contributed by atoms with Crippen LogP contribution in [-0.2, 0) is 10.8 Å². The lowest BCUT2D eigenvalue weighted by Gasteiger charge is -2.56. The first-order chi connectivity index (χ1) is 23.9. The second-order valence-corrected chi connectivity index (χ2v) is 18.3. The van der Waals surface area contributed by atoms with Gasteiger partial charge in [-0.1, -0.05) is 68.8 Å². The first-order valence-corrected chi connectivity index (χ1v) is 19.8. The van der Waals surface area contributed by atoms with E-state index in [0.29, 0.717) is 5.92 Å². The highest BCUT2D eigenvalue weighted by molar-refractivity contribution is 5.91. The van der Waals surface area contributed by atoms with E-state index in [1.54, 1.807) is 0 Å². The number of para-hydroxylation sites is 3. The summed E-state index contributed by atoms with van der Waals surface area (Å²) in [6.07, 6.45) is 16.6. The molecule has 7 saturated carbocycles. The van der Waals surface area contributed by atoms with Gasteiger partial charge in [0.05, 0.1) is 17.1 Å². The molecule has 0 amide bonds. The molecule has 1 aliphatic heterocycles. The van der Waals surface area contributed by atoms with Crippen molar-refractivity contribution >= 4 is 17.1 Å². The minimum Gasteiger partial charge on any atom is -0.309 e. The third kappa shape index (κ3) is 4.37. The van der Waals surface area contributed by atoms with Gasteiger partial charge in [-0.2, -0.15) is 0 Å². The van der Waals surface area contributed by atoms with E-state index in [-0.39, 0.29) is 10.8 Å². The molecule has 5 atom stereocenters. The van der Waals surface area contributed by atoms with E-state index >= 15 is 0 Å². The monoisotopic (exact) mass is 646 g/mol. The Morgan fingerprint density at radius 1 is 0.571 bits per heavy atom. The highest BCUT2D eigenvalue weighted by Crippen LogP contribution is 2.61. The van der Waals surface area contributed by atoms with Gasteiger partial charge in [-0.3, -0.25) is 0 Å². The van der Waals surface area contributed by atoms with Gasteiger partial charge in [0, 0.05) is 22.3 Å². The summed E-state index contributed by atoms with van der Waals surface area (Å²) in [4.78, 5) is 19.5. The summed E-state index contributed by atoms with van der Waals surface area (Å²) in [6, 6.07) is 27.0. The second-order valence-electron chi connectivity index (χ2n) is 18.3. The molecule has 4 nitrogen and oxygen atoms in total. The molecule has 5 unspecified atom stereocenters. The summed E-state index contributed by atoms with van der Waals surface area (Å²) in [7, 11) is 0. The smallest absolute Gasteiger partial charge is 0.165 e. The van der Waals surface area contributed by atoms with E-state index in [1.165, 1.54) is 105 Å². The van der Waals surface area contributed by atoms with Crippen LogP contribution in [0.4, 0.5) is 17.1 Å². The van der Waals surface area contributed by atoms with E-state index in [4.69, 9.17) is 15.0 Å². The van der Waals surface area contributed by atoms with E-state index in [2.05, 4.69) is 91.5 Å². The second kappa shape index (κ2) is 10.5. The van der Waals surface area contributed by atoms with Crippen LogP contribution in [0.1, 0.15) is 120 Å². The molecule has 3 aromatic carbocycles. The van der Waals surface area contributed by atoms with Gasteiger partial charge in [0.15, 0.2) is 5.82 Å². The van der Waals surface area contributed by atoms with Crippen LogP contribution < -0.4 is 4.90 Å². The largest absolute Gasteiger partial charge is 0.309 e.